The van der Waals surface area contributed by atoms with E-state index in [1.165, 1.54) is 0 Å². The second kappa shape index (κ2) is 5.03. The Morgan fingerprint density at radius 2 is 2.00 bits per heavy atom. The van der Waals surface area contributed by atoms with E-state index in [0.29, 0.717) is 0 Å². The predicted molar refractivity (Wildman–Crippen MR) is 65.3 cm³/mol. The molecule has 1 fully saturated rings. The molecule has 0 aromatic rings. The van der Waals surface area contributed by atoms with Crippen LogP contribution in [0.15, 0.2) is 0 Å². The van der Waals surface area contributed by atoms with Gasteiger partial charge in [0.05, 0.1) is 11.4 Å². The van der Waals surface area contributed by atoms with Crippen molar-refractivity contribution in [2.24, 2.45) is 17.3 Å². The molecule has 0 aromatic heterocycles. The van der Waals surface area contributed by atoms with E-state index in [9.17, 15) is 4.79 Å². The predicted octanol–water partition coefficient (Wildman–Crippen LogP) is 2.38. The third kappa shape index (κ3) is 2.96. The van der Waals surface area contributed by atoms with Crippen LogP contribution in [0.25, 0.3) is 0 Å². The lowest BCUT2D eigenvalue weighted by molar-refractivity contribution is -0.135. The lowest BCUT2D eigenvalue weighted by atomic mass is 9.75. The molecule has 1 N–H and O–H groups in total. The number of ketones is 1. The summed E-state index contributed by atoms with van der Waals surface area (Å²) in [6.07, 6.45) is 0.785. The normalized spacial score (nSPS) is 36.1. The Bertz CT molecular complexity index is 250. The second-order valence-corrected chi connectivity index (χ2v) is 6.12. The lowest BCUT2D eigenvalue weighted by Crippen LogP contribution is -2.53. The van der Waals surface area contributed by atoms with Crippen molar-refractivity contribution in [1.29, 1.82) is 0 Å². The number of methoxy groups -OCH3 is 1. The first-order valence-corrected chi connectivity index (χ1v) is 6.18. The van der Waals surface area contributed by atoms with Gasteiger partial charge in [-0.2, -0.15) is 0 Å². The minimum Gasteiger partial charge on any atom is -0.367 e. The zero-order valence-corrected chi connectivity index (χ0v) is 11.5. The molecule has 0 spiro atoms. The van der Waals surface area contributed by atoms with E-state index in [2.05, 4.69) is 12.2 Å². The average Bonchev–Trinajstić information content (AvgIpc) is 2.14. The van der Waals surface area contributed by atoms with E-state index in [0.717, 1.165) is 6.42 Å². The van der Waals surface area contributed by atoms with E-state index in [-0.39, 0.29) is 34.8 Å². The molecular formula is C12H22ClNO2. The van der Waals surface area contributed by atoms with Gasteiger partial charge in [0.25, 0.3) is 0 Å². The molecule has 1 heterocycles. The molecule has 0 aliphatic carbocycles. The average molecular weight is 248 g/mol. The van der Waals surface area contributed by atoms with Crippen LogP contribution in [-0.4, -0.2) is 24.6 Å². The van der Waals surface area contributed by atoms with E-state index in [4.69, 9.17) is 16.3 Å². The van der Waals surface area contributed by atoms with Crippen molar-refractivity contribution in [2.45, 2.75) is 45.8 Å². The maximum absolute atomic E-state index is 12.3. The Morgan fingerprint density at radius 3 is 2.38 bits per heavy atom. The summed E-state index contributed by atoms with van der Waals surface area (Å²) >= 11 is 6.24. The lowest BCUT2D eigenvalue weighted by Gasteiger charge is -2.39. The SMILES string of the molecule is COC1CC(C)C(C(=O)C(C)(C)C)C(Cl)N1. The standard InChI is InChI=1S/C12H22ClNO2/c1-7-6-8(16-5)14-11(13)9(7)10(15)12(2,3)4/h7-9,11,14H,6H2,1-5H3. The van der Waals surface area contributed by atoms with Crippen molar-refractivity contribution in [3.05, 3.63) is 0 Å². The highest BCUT2D eigenvalue weighted by Gasteiger charge is 2.42. The number of hydrogen-bond donors (Lipinski definition) is 1. The van der Waals surface area contributed by atoms with E-state index < -0.39 is 0 Å². The Morgan fingerprint density at radius 1 is 1.44 bits per heavy atom. The second-order valence-electron chi connectivity index (χ2n) is 5.65. The molecule has 0 saturated carbocycles. The first-order chi connectivity index (χ1) is 7.27. The maximum atomic E-state index is 12.3. The molecule has 1 aliphatic heterocycles. The molecule has 16 heavy (non-hydrogen) atoms. The molecule has 0 amide bonds. The van der Waals surface area contributed by atoms with Crippen LogP contribution in [0, 0.1) is 17.3 Å². The van der Waals surface area contributed by atoms with Gasteiger partial charge in [-0.15, -0.1) is 11.6 Å². The summed E-state index contributed by atoms with van der Waals surface area (Å²) in [7, 11) is 1.65. The van der Waals surface area contributed by atoms with Crippen LogP contribution in [-0.2, 0) is 9.53 Å². The molecule has 1 rings (SSSR count). The zero-order chi connectivity index (χ0) is 12.5. The third-order valence-corrected chi connectivity index (χ3v) is 3.58. The van der Waals surface area contributed by atoms with Gasteiger partial charge >= 0.3 is 0 Å². The third-order valence-electron chi connectivity index (χ3n) is 3.19. The fourth-order valence-electron chi connectivity index (χ4n) is 2.18. The first kappa shape index (κ1) is 13.9. The van der Waals surface area contributed by atoms with Crippen LogP contribution >= 0.6 is 11.6 Å². The summed E-state index contributed by atoms with van der Waals surface area (Å²) in [4.78, 5) is 12.3. The number of nitrogens with one attached hydrogen (secondary N) is 1. The molecule has 1 saturated heterocycles. The van der Waals surface area contributed by atoms with Crippen molar-refractivity contribution in [3.63, 3.8) is 0 Å². The van der Waals surface area contributed by atoms with Crippen LogP contribution in [0.4, 0.5) is 0 Å². The molecule has 0 radical (unpaired) electrons. The van der Waals surface area contributed by atoms with E-state index >= 15 is 0 Å². The highest BCUT2D eigenvalue weighted by Crippen LogP contribution is 2.34. The molecule has 0 bridgehead atoms. The Hall–Kier alpha value is -0.120. The summed E-state index contributed by atoms with van der Waals surface area (Å²) < 4.78 is 5.24. The number of halogens is 1. The van der Waals surface area contributed by atoms with Gasteiger partial charge in [-0.3, -0.25) is 10.1 Å². The van der Waals surface area contributed by atoms with Crippen LogP contribution in [0.2, 0.25) is 0 Å². The highest BCUT2D eigenvalue weighted by molar-refractivity contribution is 6.22. The topological polar surface area (TPSA) is 38.3 Å². The fraction of sp³-hybridized carbons (Fsp3) is 0.917. The minimum absolute atomic E-state index is 0.0403. The van der Waals surface area contributed by atoms with Crippen LogP contribution < -0.4 is 5.32 Å². The number of carbonyl (C=O) groups excluding carboxylic acids is 1. The molecule has 0 aromatic carbocycles. The van der Waals surface area contributed by atoms with E-state index in [1.807, 2.05) is 20.8 Å². The van der Waals surface area contributed by atoms with Gasteiger partial charge in [0.1, 0.15) is 12.0 Å². The molecule has 4 unspecified atom stereocenters. The molecule has 94 valence electrons. The van der Waals surface area contributed by atoms with Crippen molar-refractivity contribution in [1.82, 2.24) is 5.32 Å². The van der Waals surface area contributed by atoms with Crippen molar-refractivity contribution in [2.75, 3.05) is 7.11 Å². The van der Waals surface area contributed by atoms with Gasteiger partial charge in [-0.25, -0.2) is 0 Å². The van der Waals surface area contributed by atoms with Gasteiger partial charge in [0, 0.05) is 12.5 Å². The number of hydrogen-bond acceptors (Lipinski definition) is 3. The summed E-state index contributed by atoms with van der Waals surface area (Å²) in [5.41, 5.74) is -0.673. The van der Waals surface area contributed by atoms with Gasteiger partial charge in [0.2, 0.25) is 0 Å². The summed E-state index contributed by atoms with van der Waals surface area (Å²) in [6.45, 7) is 7.88. The van der Waals surface area contributed by atoms with Gasteiger partial charge in [-0.05, 0) is 12.3 Å². The summed E-state index contributed by atoms with van der Waals surface area (Å²) in [5.74, 6) is 0.343. The Balaban J connectivity index is 2.78. The molecular weight excluding hydrogens is 226 g/mol. The molecule has 4 atom stereocenters. The molecule has 3 nitrogen and oxygen atoms in total. The number of ether oxygens (including phenoxy) is 1. The van der Waals surface area contributed by atoms with Gasteiger partial charge in [0.15, 0.2) is 0 Å². The molecule has 1 aliphatic rings. The summed E-state index contributed by atoms with van der Waals surface area (Å²) in [5, 5.41) is 3.12. The number of alkyl halides is 1. The smallest absolute Gasteiger partial charge is 0.144 e. The monoisotopic (exact) mass is 247 g/mol. The van der Waals surface area contributed by atoms with E-state index in [1.54, 1.807) is 7.11 Å². The fourth-order valence-corrected chi connectivity index (χ4v) is 2.68. The van der Waals surface area contributed by atoms with Gasteiger partial charge < -0.3 is 4.74 Å². The van der Waals surface area contributed by atoms with Crippen molar-refractivity contribution in [3.8, 4) is 0 Å². The zero-order valence-electron chi connectivity index (χ0n) is 10.7. The van der Waals surface area contributed by atoms with Gasteiger partial charge in [-0.1, -0.05) is 27.7 Å². The molecule has 4 heteroatoms. The number of carbonyl (C=O) groups is 1. The quantitative estimate of drug-likeness (QED) is 0.602. The summed E-state index contributed by atoms with van der Waals surface area (Å²) in [6, 6.07) is 0. The number of Topliss-reactive ketones (excluding diaryl/α,β-unsaturated/α-hetero) is 1. The Labute approximate surface area is 103 Å². The minimum atomic E-state index is -0.340. The van der Waals surface area contributed by atoms with Crippen LogP contribution in [0.3, 0.4) is 0 Å². The largest absolute Gasteiger partial charge is 0.367 e. The van der Waals surface area contributed by atoms with Crippen LogP contribution in [0.5, 0.6) is 0 Å². The van der Waals surface area contributed by atoms with Crippen molar-refractivity contribution >= 4 is 17.4 Å². The Kier molecular flexibility index (Phi) is 4.38. The van der Waals surface area contributed by atoms with Crippen molar-refractivity contribution < 1.29 is 9.53 Å². The number of rotatable bonds is 2. The maximum Gasteiger partial charge on any atom is 0.144 e. The van der Waals surface area contributed by atoms with Crippen LogP contribution in [0.1, 0.15) is 34.1 Å². The highest BCUT2D eigenvalue weighted by atomic mass is 35.5. The first-order valence-electron chi connectivity index (χ1n) is 5.74. The number of piperidine rings is 1.